The number of alkyl halides is 3. The zero-order valence-electron chi connectivity index (χ0n) is 10.8. The Morgan fingerprint density at radius 1 is 1.29 bits per heavy atom. The molecule has 1 N–H and O–H groups in total. The number of hydrogen-bond donors (Lipinski definition) is 1. The molecule has 0 saturated heterocycles. The van der Waals surface area contributed by atoms with E-state index in [9.17, 15) is 18.0 Å². The molecule has 1 aromatic carbocycles. The van der Waals surface area contributed by atoms with Gasteiger partial charge in [-0.15, -0.1) is 0 Å². The van der Waals surface area contributed by atoms with Crippen molar-refractivity contribution in [2.24, 2.45) is 0 Å². The van der Waals surface area contributed by atoms with Crippen LogP contribution >= 0.6 is 0 Å². The molecule has 0 atom stereocenters. The van der Waals surface area contributed by atoms with Gasteiger partial charge < -0.3 is 9.84 Å². The van der Waals surface area contributed by atoms with E-state index in [2.05, 4.69) is 10.5 Å². The molecule has 21 heavy (non-hydrogen) atoms. The quantitative estimate of drug-likeness (QED) is 0.923. The number of carbonyl (C=O) groups is 1. The Bertz CT molecular complexity index is 692. The Labute approximate surface area is 117 Å². The maximum Gasteiger partial charge on any atom is 0.416 e. The normalized spacial score (nSPS) is 14.0. The number of aryl methyl sites for hydroxylation is 1. The Balaban J connectivity index is 1.82. The van der Waals surface area contributed by atoms with Crippen LogP contribution < -0.4 is 5.32 Å². The van der Waals surface area contributed by atoms with Gasteiger partial charge in [0.05, 0.1) is 5.56 Å². The SMILES string of the molecule is O=C(Nc1cccc(C(F)(F)F)c1)c1noc2c1CCC2. The van der Waals surface area contributed by atoms with Crippen LogP contribution in [0.5, 0.6) is 0 Å². The Morgan fingerprint density at radius 2 is 2.10 bits per heavy atom. The predicted octanol–water partition coefficient (Wildman–Crippen LogP) is 3.43. The third kappa shape index (κ3) is 2.63. The van der Waals surface area contributed by atoms with Crippen molar-refractivity contribution in [3.05, 3.63) is 46.8 Å². The average Bonchev–Trinajstić information content (AvgIpc) is 2.99. The fourth-order valence-corrected chi connectivity index (χ4v) is 2.37. The van der Waals surface area contributed by atoms with Crippen LogP contribution in [0.25, 0.3) is 0 Å². The molecule has 1 aliphatic carbocycles. The number of hydrogen-bond acceptors (Lipinski definition) is 3. The Hall–Kier alpha value is -2.31. The molecule has 0 fully saturated rings. The second-order valence-electron chi connectivity index (χ2n) is 4.82. The Morgan fingerprint density at radius 3 is 2.86 bits per heavy atom. The van der Waals surface area contributed by atoms with Crippen molar-refractivity contribution in [2.45, 2.75) is 25.4 Å². The number of halogens is 3. The summed E-state index contributed by atoms with van der Waals surface area (Å²) in [5.41, 5.74) is 0.162. The molecule has 1 heterocycles. The van der Waals surface area contributed by atoms with Crippen molar-refractivity contribution in [1.82, 2.24) is 5.16 Å². The summed E-state index contributed by atoms with van der Waals surface area (Å²) in [5.74, 6) is 0.130. The van der Waals surface area contributed by atoms with Crippen molar-refractivity contribution in [1.29, 1.82) is 0 Å². The van der Waals surface area contributed by atoms with E-state index < -0.39 is 17.6 Å². The molecular formula is C14H11F3N2O2. The Kier molecular flexibility index (Phi) is 3.19. The highest BCUT2D eigenvalue weighted by Crippen LogP contribution is 2.31. The van der Waals surface area contributed by atoms with Crippen LogP contribution in [0.15, 0.2) is 28.8 Å². The van der Waals surface area contributed by atoms with Crippen LogP contribution in [0.1, 0.15) is 33.8 Å². The van der Waals surface area contributed by atoms with Crippen molar-refractivity contribution in [3.63, 3.8) is 0 Å². The average molecular weight is 296 g/mol. The molecule has 0 radical (unpaired) electrons. The van der Waals surface area contributed by atoms with Crippen molar-refractivity contribution in [2.75, 3.05) is 5.32 Å². The van der Waals surface area contributed by atoms with Crippen LogP contribution in [-0.2, 0) is 19.0 Å². The van der Waals surface area contributed by atoms with Crippen LogP contribution in [0.4, 0.5) is 18.9 Å². The van der Waals surface area contributed by atoms with Crippen LogP contribution in [0, 0.1) is 0 Å². The molecule has 2 aromatic rings. The summed E-state index contributed by atoms with van der Waals surface area (Å²) in [6, 6.07) is 4.47. The second kappa shape index (κ2) is 4.91. The summed E-state index contributed by atoms with van der Waals surface area (Å²) >= 11 is 0. The van der Waals surface area contributed by atoms with E-state index in [0.29, 0.717) is 12.2 Å². The minimum Gasteiger partial charge on any atom is -0.360 e. The van der Waals surface area contributed by atoms with Gasteiger partial charge in [-0.05, 0) is 31.0 Å². The molecule has 0 unspecified atom stereocenters. The summed E-state index contributed by atoms with van der Waals surface area (Å²) in [6.07, 6.45) is -2.13. The van der Waals surface area contributed by atoms with E-state index in [1.807, 2.05) is 0 Å². The molecule has 0 spiro atoms. The number of benzene rings is 1. The minimum atomic E-state index is -4.45. The van der Waals surface area contributed by atoms with E-state index in [4.69, 9.17) is 4.52 Å². The lowest BCUT2D eigenvalue weighted by Crippen LogP contribution is -2.15. The van der Waals surface area contributed by atoms with Gasteiger partial charge in [0.2, 0.25) is 0 Å². The van der Waals surface area contributed by atoms with E-state index >= 15 is 0 Å². The smallest absolute Gasteiger partial charge is 0.360 e. The molecule has 3 rings (SSSR count). The molecule has 7 heteroatoms. The molecule has 110 valence electrons. The van der Waals surface area contributed by atoms with Crippen LogP contribution in [0.2, 0.25) is 0 Å². The van der Waals surface area contributed by atoms with Gasteiger partial charge in [-0.1, -0.05) is 11.2 Å². The highest BCUT2D eigenvalue weighted by molar-refractivity contribution is 6.04. The molecule has 1 aliphatic rings. The number of rotatable bonds is 2. The maximum atomic E-state index is 12.6. The minimum absolute atomic E-state index is 0.0737. The maximum absolute atomic E-state index is 12.6. The number of nitrogens with zero attached hydrogens (tertiary/aromatic N) is 1. The zero-order chi connectivity index (χ0) is 15.0. The monoisotopic (exact) mass is 296 g/mol. The molecule has 1 aromatic heterocycles. The molecular weight excluding hydrogens is 285 g/mol. The number of aromatic nitrogens is 1. The standard InChI is InChI=1S/C14H11F3N2O2/c15-14(16,17)8-3-1-4-9(7-8)18-13(20)12-10-5-2-6-11(10)21-19-12/h1,3-4,7H,2,5-6H2,(H,18,20). The van der Waals surface area contributed by atoms with Gasteiger partial charge in [0.25, 0.3) is 5.91 Å². The van der Waals surface area contributed by atoms with E-state index in [1.54, 1.807) is 0 Å². The first kappa shape index (κ1) is 13.7. The number of fused-ring (bicyclic) bond motifs is 1. The first-order valence-corrected chi connectivity index (χ1v) is 6.41. The number of nitrogens with one attached hydrogen (secondary N) is 1. The zero-order valence-corrected chi connectivity index (χ0v) is 10.8. The third-order valence-corrected chi connectivity index (χ3v) is 3.36. The van der Waals surface area contributed by atoms with E-state index in [-0.39, 0.29) is 11.4 Å². The fourth-order valence-electron chi connectivity index (χ4n) is 2.37. The van der Waals surface area contributed by atoms with Crippen molar-refractivity contribution in [3.8, 4) is 0 Å². The third-order valence-electron chi connectivity index (χ3n) is 3.36. The van der Waals surface area contributed by atoms with Gasteiger partial charge in [0.15, 0.2) is 5.69 Å². The van der Waals surface area contributed by atoms with Gasteiger partial charge in [-0.2, -0.15) is 13.2 Å². The summed E-state index contributed by atoms with van der Waals surface area (Å²) in [4.78, 5) is 12.1. The van der Waals surface area contributed by atoms with Crippen LogP contribution in [0.3, 0.4) is 0 Å². The highest BCUT2D eigenvalue weighted by atomic mass is 19.4. The summed E-state index contributed by atoms with van der Waals surface area (Å²) < 4.78 is 42.9. The lowest BCUT2D eigenvalue weighted by molar-refractivity contribution is -0.137. The first-order valence-electron chi connectivity index (χ1n) is 6.41. The van der Waals surface area contributed by atoms with Crippen molar-refractivity contribution < 1.29 is 22.5 Å². The van der Waals surface area contributed by atoms with Crippen LogP contribution in [-0.4, -0.2) is 11.1 Å². The highest BCUT2D eigenvalue weighted by Gasteiger charge is 2.31. The summed E-state index contributed by atoms with van der Waals surface area (Å²) in [7, 11) is 0. The van der Waals surface area contributed by atoms with E-state index in [1.165, 1.54) is 12.1 Å². The molecule has 4 nitrogen and oxygen atoms in total. The van der Waals surface area contributed by atoms with E-state index in [0.717, 1.165) is 30.5 Å². The number of anilines is 1. The van der Waals surface area contributed by atoms with Gasteiger partial charge in [-0.3, -0.25) is 4.79 Å². The predicted molar refractivity (Wildman–Crippen MR) is 67.9 cm³/mol. The molecule has 0 saturated carbocycles. The first-order chi connectivity index (χ1) is 9.95. The van der Waals surface area contributed by atoms with Gasteiger partial charge in [0, 0.05) is 17.7 Å². The fraction of sp³-hybridized carbons (Fsp3) is 0.286. The van der Waals surface area contributed by atoms with Gasteiger partial charge in [0.1, 0.15) is 5.76 Å². The molecule has 0 bridgehead atoms. The van der Waals surface area contributed by atoms with Gasteiger partial charge in [-0.25, -0.2) is 0 Å². The topological polar surface area (TPSA) is 55.1 Å². The van der Waals surface area contributed by atoms with Crippen molar-refractivity contribution >= 4 is 11.6 Å². The van der Waals surface area contributed by atoms with Gasteiger partial charge >= 0.3 is 6.18 Å². The number of carbonyl (C=O) groups excluding carboxylic acids is 1. The largest absolute Gasteiger partial charge is 0.416 e. The lowest BCUT2D eigenvalue weighted by Gasteiger charge is -2.09. The lowest BCUT2D eigenvalue weighted by atomic mass is 10.1. The molecule has 1 amide bonds. The second-order valence-corrected chi connectivity index (χ2v) is 4.82. The number of amides is 1. The summed E-state index contributed by atoms with van der Waals surface area (Å²) in [5, 5.41) is 6.12. The summed E-state index contributed by atoms with van der Waals surface area (Å²) in [6.45, 7) is 0. The molecule has 0 aliphatic heterocycles.